The first-order valence-corrected chi connectivity index (χ1v) is 7.14. The van der Waals surface area contributed by atoms with E-state index in [2.05, 4.69) is 17.4 Å². The number of methoxy groups -OCH3 is 1. The fraction of sp³-hybridized carbons (Fsp3) is 0.353. The second-order valence-electron chi connectivity index (χ2n) is 5.24. The summed E-state index contributed by atoms with van der Waals surface area (Å²) in [6, 6.07) is 12.4. The fourth-order valence-electron chi connectivity index (χ4n) is 3.03. The molecule has 1 aliphatic heterocycles. The van der Waals surface area contributed by atoms with Gasteiger partial charge in [0.15, 0.2) is 0 Å². The van der Waals surface area contributed by atoms with Crippen LogP contribution >= 0.6 is 12.4 Å². The molecule has 0 aliphatic carbocycles. The molecule has 1 heterocycles. The summed E-state index contributed by atoms with van der Waals surface area (Å²) in [4.78, 5) is 11.9. The number of hydrogen-bond acceptors (Lipinski definition) is 3. The molecule has 4 heteroatoms. The van der Waals surface area contributed by atoms with Crippen molar-refractivity contribution in [1.82, 2.24) is 5.32 Å². The summed E-state index contributed by atoms with van der Waals surface area (Å²) in [6.45, 7) is 1.07. The molecule has 0 spiro atoms. The first-order valence-electron chi connectivity index (χ1n) is 7.14. The molecule has 2 aromatic rings. The van der Waals surface area contributed by atoms with Crippen LogP contribution in [0.4, 0.5) is 0 Å². The largest absolute Gasteiger partial charge is 0.465 e. The highest BCUT2D eigenvalue weighted by molar-refractivity contribution is 6.05. The molecule has 1 saturated heterocycles. The highest BCUT2D eigenvalue weighted by Crippen LogP contribution is 2.31. The van der Waals surface area contributed by atoms with Gasteiger partial charge >= 0.3 is 5.97 Å². The number of ether oxygens (including phenoxy) is 1. The Morgan fingerprint density at radius 1 is 1.14 bits per heavy atom. The van der Waals surface area contributed by atoms with Crippen molar-refractivity contribution in [3.05, 3.63) is 47.5 Å². The number of fused-ring (bicyclic) bond motifs is 1. The zero-order valence-corrected chi connectivity index (χ0v) is 12.9. The number of hydrogen-bond donors (Lipinski definition) is 1. The van der Waals surface area contributed by atoms with E-state index in [1.165, 1.54) is 25.5 Å². The van der Waals surface area contributed by atoms with Crippen molar-refractivity contribution in [2.45, 2.75) is 25.3 Å². The fourth-order valence-corrected chi connectivity index (χ4v) is 3.03. The van der Waals surface area contributed by atoms with Gasteiger partial charge in [-0.15, -0.1) is 12.4 Å². The number of rotatable bonds is 2. The van der Waals surface area contributed by atoms with Gasteiger partial charge in [-0.05, 0) is 41.8 Å². The molecule has 1 fully saturated rings. The first kappa shape index (κ1) is 15.8. The normalized spacial score (nSPS) is 18.0. The van der Waals surface area contributed by atoms with E-state index in [0.29, 0.717) is 11.6 Å². The average Bonchev–Trinajstić information content (AvgIpc) is 2.54. The third kappa shape index (κ3) is 3.04. The molecule has 0 saturated carbocycles. The van der Waals surface area contributed by atoms with Gasteiger partial charge < -0.3 is 10.1 Å². The Balaban J connectivity index is 0.00000161. The van der Waals surface area contributed by atoms with Crippen molar-refractivity contribution in [3.63, 3.8) is 0 Å². The minimum atomic E-state index is -0.274. The molecule has 1 aliphatic rings. The number of carbonyl (C=O) groups is 1. The average molecular weight is 306 g/mol. The highest BCUT2D eigenvalue weighted by Gasteiger charge is 2.19. The van der Waals surface area contributed by atoms with E-state index >= 15 is 0 Å². The molecule has 3 rings (SSSR count). The highest BCUT2D eigenvalue weighted by atomic mass is 35.5. The molecular weight excluding hydrogens is 286 g/mol. The molecule has 0 bridgehead atoms. The second kappa shape index (κ2) is 6.92. The van der Waals surface area contributed by atoms with Gasteiger partial charge in [-0.2, -0.15) is 0 Å². The van der Waals surface area contributed by atoms with Crippen LogP contribution in [0.1, 0.15) is 41.2 Å². The summed E-state index contributed by atoms with van der Waals surface area (Å²) in [5, 5.41) is 5.70. The Bertz CT molecular complexity index is 636. The van der Waals surface area contributed by atoms with Crippen molar-refractivity contribution in [2.75, 3.05) is 13.7 Å². The zero-order chi connectivity index (χ0) is 13.9. The van der Waals surface area contributed by atoms with Crippen molar-refractivity contribution in [1.29, 1.82) is 0 Å². The van der Waals surface area contributed by atoms with Gasteiger partial charge in [0.25, 0.3) is 0 Å². The molecule has 2 aromatic carbocycles. The number of piperidine rings is 1. The van der Waals surface area contributed by atoms with Gasteiger partial charge in [-0.25, -0.2) is 4.79 Å². The van der Waals surface area contributed by atoms with Gasteiger partial charge in [0.1, 0.15) is 0 Å². The Morgan fingerprint density at radius 3 is 2.57 bits per heavy atom. The van der Waals surface area contributed by atoms with Crippen LogP contribution in [0.5, 0.6) is 0 Å². The van der Waals surface area contributed by atoms with Crippen molar-refractivity contribution in [3.8, 4) is 0 Å². The zero-order valence-electron chi connectivity index (χ0n) is 12.1. The van der Waals surface area contributed by atoms with Crippen LogP contribution < -0.4 is 5.32 Å². The number of benzene rings is 2. The van der Waals surface area contributed by atoms with E-state index in [9.17, 15) is 4.79 Å². The Hall–Kier alpha value is -1.58. The maximum Gasteiger partial charge on any atom is 0.338 e. The van der Waals surface area contributed by atoms with Crippen LogP contribution in [-0.4, -0.2) is 19.6 Å². The summed E-state index contributed by atoms with van der Waals surface area (Å²) in [7, 11) is 1.42. The first-order chi connectivity index (χ1) is 9.81. The van der Waals surface area contributed by atoms with Gasteiger partial charge in [0, 0.05) is 6.04 Å². The molecule has 1 N–H and O–H groups in total. The molecule has 21 heavy (non-hydrogen) atoms. The Labute approximate surface area is 131 Å². The Morgan fingerprint density at radius 2 is 1.90 bits per heavy atom. The molecule has 1 atom stereocenters. The predicted octanol–water partition coefficient (Wildman–Crippen LogP) is 3.86. The topological polar surface area (TPSA) is 38.3 Å². The lowest BCUT2D eigenvalue weighted by Crippen LogP contribution is -2.27. The Kier molecular flexibility index (Phi) is 5.21. The summed E-state index contributed by atoms with van der Waals surface area (Å²) >= 11 is 0. The maximum absolute atomic E-state index is 11.9. The third-order valence-corrected chi connectivity index (χ3v) is 4.05. The van der Waals surface area contributed by atoms with E-state index in [-0.39, 0.29) is 18.4 Å². The van der Waals surface area contributed by atoms with E-state index in [4.69, 9.17) is 4.74 Å². The molecule has 0 amide bonds. The lowest BCUT2D eigenvalue weighted by Gasteiger charge is -2.25. The van der Waals surface area contributed by atoms with Crippen molar-refractivity contribution in [2.24, 2.45) is 0 Å². The van der Waals surface area contributed by atoms with Crippen LogP contribution in [0, 0.1) is 0 Å². The minimum Gasteiger partial charge on any atom is -0.465 e. The molecule has 112 valence electrons. The van der Waals surface area contributed by atoms with Crippen LogP contribution in [-0.2, 0) is 4.74 Å². The summed E-state index contributed by atoms with van der Waals surface area (Å²) < 4.78 is 4.88. The van der Waals surface area contributed by atoms with Gasteiger partial charge in [0.2, 0.25) is 0 Å². The van der Waals surface area contributed by atoms with Crippen molar-refractivity contribution >= 4 is 29.1 Å². The summed E-state index contributed by atoms with van der Waals surface area (Å²) in [5.74, 6) is -0.274. The maximum atomic E-state index is 11.9. The van der Waals surface area contributed by atoms with Crippen LogP contribution in [0.25, 0.3) is 10.8 Å². The molecule has 1 unspecified atom stereocenters. The molecular formula is C17H20ClNO2. The molecule has 0 aromatic heterocycles. The van der Waals surface area contributed by atoms with Crippen LogP contribution in [0.2, 0.25) is 0 Å². The monoisotopic (exact) mass is 305 g/mol. The van der Waals surface area contributed by atoms with E-state index in [1.54, 1.807) is 0 Å². The van der Waals surface area contributed by atoms with Crippen LogP contribution in [0.3, 0.4) is 0 Å². The molecule has 0 radical (unpaired) electrons. The SMILES string of the molecule is COC(=O)c1ccc(C2CCCCN2)c2ccccc12.Cl. The van der Waals surface area contributed by atoms with Crippen LogP contribution in [0.15, 0.2) is 36.4 Å². The van der Waals surface area contributed by atoms with Gasteiger partial charge in [-0.1, -0.05) is 36.8 Å². The molecule has 3 nitrogen and oxygen atoms in total. The number of carbonyl (C=O) groups excluding carboxylic acids is 1. The lowest BCUT2D eigenvalue weighted by atomic mass is 9.91. The van der Waals surface area contributed by atoms with Gasteiger partial charge in [0.05, 0.1) is 12.7 Å². The van der Waals surface area contributed by atoms with E-state index < -0.39 is 0 Å². The number of nitrogens with one attached hydrogen (secondary N) is 1. The number of halogens is 1. The van der Waals surface area contributed by atoms with Crippen molar-refractivity contribution < 1.29 is 9.53 Å². The van der Waals surface area contributed by atoms with Gasteiger partial charge in [-0.3, -0.25) is 0 Å². The minimum absolute atomic E-state index is 0. The third-order valence-electron chi connectivity index (χ3n) is 4.05. The quantitative estimate of drug-likeness (QED) is 0.856. The van der Waals surface area contributed by atoms with E-state index in [0.717, 1.165) is 23.7 Å². The number of esters is 1. The predicted molar refractivity (Wildman–Crippen MR) is 87.1 cm³/mol. The summed E-state index contributed by atoms with van der Waals surface area (Å²) in [6.07, 6.45) is 3.65. The summed E-state index contributed by atoms with van der Waals surface area (Å²) in [5.41, 5.74) is 1.93. The van der Waals surface area contributed by atoms with E-state index in [1.807, 2.05) is 24.3 Å². The standard InChI is InChI=1S/C17H19NO2.ClH/c1-20-17(19)15-10-9-14(16-8-4-5-11-18-16)12-6-2-3-7-13(12)15;/h2-3,6-7,9-10,16,18H,4-5,8,11H2,1H3;1H. The lowest BCUT2D eigenvalue weighted by molar-refractivity contribution is 0.0603. The second-order valence-corrected chi connectivity index (χ2v) is 5.24. The smallest absolute Gasteiger partial charge is 0.338 e.